The lowest BCUT2D eigenvalue weighted by Gasteiger charge is -2.20. The van der Waals surface area contributed by atoms with Crippen LogP contribution in [0.1, 0.15) is 27.5 Å². The molecule has 0 heterocycles. The van der Waals surface area contributed by atoms with Crippen molar-refractivity contribution in [3.8, 4) is 0 Å². The summed E-state index contributed by atoms with van der Waals surface area (Å²) in [6.45, 7) is 0. The van der Waals surface area contributed by atoms with Crippen LogP contribution < -0.4 is 5.32 Å². The van der Waals surface area contributed by atoms with Gasteiger partial charge < -0.3 is 5.32 Å². The first-order chi connectivity index (χ1) is 12.0. The average Bonchev–Trinajstić information content (AvgIpc) is 2.61. The molecule has 0 unspecified atom stereocenters. The third-order valence-electron chi connectivity index (χ3n) is 3.79. The largest absolute Gasteiger partial charge is 0.341 e. The van der Waals surface area contributed by atoms with E-state index in [4.69, 9.17) is 11.6 Å². The van der Waals surface area contributed by atoms with E-state index in [2.05, 4.69) is 21.2 Å². The third kappa shape index (κ3) is 4.27. The van der Waals surface area contributed by atoms with Crippen LogP contribution in [-0.2, 0) is 0 Å². The summed E-state index contributed by atoms with van der Waals surface area (Å²) >= 11 is 9.21. The highest BCUT2D eigenvalue weighted by atomic mass is 79.9. The number of nitrogens with one attached hydrogen (secondary N) is 1. The second kappa shape index (κ2) is 7.81. The Balaban J connectivity index is 1.95. The fourth-order valence-corrected chi connectivity index (χ4v) is 3.20. The van der Waals surface area contributed by atoms with Crippen molar-refractivity contribution in [1.82, 2.24) is 5.32 Å². The molecule has 0 saturated heterocycles. The molecule has 5 heteroatoms. The van der Waals surface area contributed by atoms with Crippen LogP contribution >= 0.6 is 27.5 Å². The maximum absolute atomic E-state index is 13.3. The molecule has 0 aliphatic rings. The number of amides is 1. The number of hydrogen-bond acceptors (Lipinski definition) is 1. The van der Waals surface area contributed by atoms with E-state index >= 15 is 0 Å². The van der Waals surface area contributed by atoms with Crippen molar-refractivity contribution >= 4 is 33.4 Å². The lowest BCUT2D eigenvalue weighted by Crippen LogP contribution is -2.29. The normalized spacial score (nSPS) is 11.8. The van der Waals surface area contributed by atoms with Crippen molar-refractivity contribution < 1.29 is 9.18 Å². The van der Waals surface area contributed by atoms with E-state index in [1.165, 1.54) is 18.2 Å². The molecular weight excluding hydrogens is 405 g/mol. The molecule has 3 aromatic rings. The molecule has 0 bridgehead atoms. The van der Waals surface area contributed by atoms with Crippen molar-refractivity contribution in [3.05, 3.63) is 105 Å². The van der Waals surface area contributed by atoms with Crippen LogP contribution in [0.15, 0.2) is 77.3 Å². The number of carbonyl (C=O) groups excluding carboxylic acids is 1. The van der Waals surface area contributed by atoms with E-state index in [9.17, 15) is 9.18 Å². The van der Waals surface area contributed by atoms with Crippen LogP contribution in [0.5, 0.6) is 0 Å². The summed E-state index contributed by atoms with van der Waals surface area (Å²) in [5, 5.41) is 3.64. The van der Waals surface area contributed by atoms with Gasteiger partial charge in [-0.15, -0.1) is 0 Å². The predicted molar refractivity (Wildman–Crippen MR) is 101 cm³/mol. The monoisotopic (exact) mass is 417 g/mol. The third-order valence-corrected chi connectivity index (χ3v) is 4.70. The van der Waals surface area contributed by atoms with Crippen molar-refractivity contribution in [3.63, 3.8) is 0 Å². The highest BCUT2D eigenvalue weighted by Gasteiger charge is 2.19. The van der Waals surface area contributed by atoms with Gasteiger partial charge in [-0.05, 0) is 57.4 Å². The molecule has 1 atom stereocenters. The van der Waals surface area contributed by atoms with E-state index in [0.29, 0.717) is 15.1 Å². The zero-order valence-corrected chi connectivity index (χ0v) is 15.4. The highest BCUT2D eigenvalue weighted by molar-refractivity contribution is 9.10. The van der Waals surface area contributed by atoms with Gasteiger partial charge in [-0.3, -0.25) is 4.79 Å². The number of halogens is 3. The van der Waals surface area contributed by atoms with E-state index in [0.717, 1.165) is 11.1 Å². The first-order valence-electron chi connectivity index (χ1n) is 7.61. The number of rotatable bonds is 4. The van der Waals surface area contributed by atoms with Crippen LogP contribution in [0.2, 0.25) is 5.02 Å². The molecule has 0 aliphatic heterocycles. The van der Waals surface area contributed by atoms with Gasteiger partial charge in [0, 0.05) is 9.50 Å². The van der Waals surface area contributed by atoms with Crippen molar-refractivity contribution in [2.45, 2.75) is 6.04 Å². The molecule has 0 fully saturated rings. The highest BCUT2D eigenvalue weighted by Crippen LogP contribution is 2.25. The second-order valence-corrected chi connectivity index (χ2v) is 6.78. The molecule has 1 N–H and O–H groups in total. The molecule has 25 heavy (non-hydrogen) atoms. The molecule has 126 valence electrons. The summed E-state index contributed by atoms with van der Waals surface area (Å²) in [5.74, 6) is -0.698. The molecule has 3 rings (SSSR count). The lowest BCUT2D eigenvalue weighted by atomic mass is 9.98. The topological polar surface area (TPSA) is 29.1 Å². The van der Waals surface area contributed by atoms with Crippen molar-refractivity contribution in [1.29, 1.82) is 0 Å². The maximum atomic E-state index is 13.3. The van der Waals surface area contributed by atoms with E-state index in [1.807, 2.05) is 42.5 Å². The SMILES string of the molecule is O=C(N[C@H](c1ccccc1)c1ccc(Cl)cc1)c1ccc(F)cc1Br. The summed E-state index contributed by atoms with van der Waals surface area (Å²) < 4.78 is 13.7. The van der Waals surface area contributed by atoms with Gasteiger partial charge in [0.25, 0.3) is 5.91 Å². The van der Waals surface area contributed by atoms with Gasteiger partial charge in [-0.1, -0.05) is 54.1 Å². The Morgan fingerprint density at radius 2 is 1.60 bits per heavy atom. The van der Waals surface area contributed by atoms with Crippen LogP contribution in [0, 0.1) is 5.82 Å². The summed E-state index contributed by atoms with van der Waals surface area (Å²) in [7, 11) is 0. The summed E-state index contributed by atoms with van der Waals surface area (Å²) in [6.07, 6.45) is 0. The fraction of sp³-hybridized carbons (Fsp3) is 0.0500. The first kappa shape index (κ1) is 17.6. The van der Waals surface area contributed by atoms with Crippen LogP contribution in [0.3, 0.4) is 0 Å². The molecular formula is C20H14BrClFNO. The second-order valence-electron chi connectivity index (χ2n) is 5.49. The minimum absolute atomic E-state index is 0.296. The zero-order chi connectivity index (χ0) is 17.8. The van der Waals surface area contributed by atoms with Crippen molar-refractivity contribution in [2.24, 2.45) is 0 Å². The van der Waals surface area contributed by atoms with E-state index in [1.54, 1.807) is 12.1 Å². The molecule has 0 spiro atoms. The average molecular weight is 419 g/mol. The zero-order valence-electron chi connectivity index (χ0n) is 13.0. The van der Waals surface area contributed by atoms with Crippen molar-refractivity contribution in [2.75, 3.05) is 0 Å². The molecule has 1 amide bonds. The summed E-state index contributed by atoms with van der Waals surface area (Å²) in [6, 6.07) is 20.6. The maximum Gasteiger partial charge on any atom is 0.253 e. The molecule has 0 radical (unpaired) electrons. The van der Waals surface area contributed by atoms with Gasteiger partial charge in [-0.25, -0.2) is 4.39 Å². The molecule has 0 aromatic heterocycles. The Morgan fingerprint density at radius 3 is 2.24 bits per heavy atom. The number of benzene rings is 3. The van der Waals surface area contributed by atoms with Gasteiger partial charge in [-0.2, -0.15) is 0 Å². The van der Waals surface area contributed by atoms with E-state index in [-0.39, 0.29) is 11.9 Å². The minimum Gasteiger partial charge on any atom is -0.341 e. The van der Waals surface area contributed by atoms with Gasteiger partial charge in [0.2, 0.25) is 0 Å². The smallest absolute Gasteiger partial charge is 0.253 e. The molecule has 0 saturated carbocycles. The Hall–Kier alpha value is -2.17. The lowest BCUT2D eigenvalue weighted by molar-refractivity contribution is 0.0942. The van der Waals surface area contributed by atoms with Gasteiger partial charge in [0.05, 0.1) is 11.6 Å². The van der Waals surface area contributed by atoms with Crippen LogP contribution in [0.25, 0.3) is 0 Å². The quantitative estimate of drug-likeness (QED) is 0.573. The first-order valence-corrected chi connectivity index (χ1v) is 8.78. The summed E-state index contributed by atoms with van der Waals surface area (Å²) in [5.41, 5.74) is 2.22. The molecule has 3 aromatic carbocycles. The molecule has 2 nitrogen and oxygen atoms in total. The Bertz CT molecular complexity index is 884. The Labute approximate surface area is 158 Å². The minimum atomic E-state index is -0.402. The Kier molecular flexibility index (Phi) is 5.51. The van der Waals surface area contributed by atoms with Gasteiger partial charge in [0.15, 0.2) is 0 Å². The fourth-order valence-electron chi connectivity index (χ4n) is 2.54. The predicted octanol–water partition coefficient (Wildman–Crippen LogP) is 5.76. The molecule has 0 aliphatic carbocycles. The standard InChI is InChI=1S/C20H14BrClFNO/c21-18-12-16(23)10-11-17(18)20(25)24-19(13-4-2-1-3-5-13)14-6-8-15(22)9-7-14/h1-12,19H,(H,24,25)/t19-/m1/s1. The van der Waals surface area contributed by atoms with E-state index < -0.39 is 5.82 Å². The summed E-state index contributed by atoms with van der Waals surface area (Å²) in [4.78, 5) is 12.7. The van der Waals surface area contributed by atoms with Crippen LogP contribution in [-0.4, -0.2) is 5.91 Å². The van der Waals surface area contributed by atoms with Crippen LogP contribution in [0.4, 0.5) is 4.39 Å². The Morgan fingerprint density at radius 1 is 0.960 bits per heavy atom. The van der Waals surface area contributed by atoms with Gasteiger partial charge >= 0.3 is 0 Å². The van der Waals surface area contributed by atoms with Gasteiger partial charge in [0.1, 0.15) is 5.82 Å². The number of carbonyl (C=O) groups is 1. The number of hydrogen-bond donors (Lipinski definition) is 1.